The third-order valence-electron chi connectivity index (χ3n) is 7.31. The van der Waals surface area contributed by atoms with Crippen LogP contribution in [0.4, 0.5) is 11.5 Å². The Morgan fingerprint density at radius 1 is 1.20 bits per heavy atom. The van der Waals surface area contributed by atoms with Crippen molar-refractivity contribution in [1.82, 2.24) is 14.9 Å². The number of likely N-dealkylation sites (N-methyl/N-ethyl adjacent to an activating group) is 1. The molecule has 218 valence electrons. The SMILES string of the molecule is C=CCCN(CC(CO)CC(=O)C=C)c1nc(OCCN(C)C)nc2c1CCN(c1cc(O)cc3ccccc13)C2. The lowest BCUT2D eigenvalue weighted by Gasteiger charge is -2.35. The molecule has 2 heterocycles. The lowest BCUT2D eigenvalue weighted by Crippen LogP contribution is -2.37. The normalized spacial score (nSPS) is 13.6. The van der Waals surface area contributed by atoms with Gasteiger partial charge in [0.15, 0.2) is 5.78 Å². The first-order valence-electron chi connectivity index (χ1n) is 14.1. The Balaban J connectivity index is 1.73. The van der Waals surface area contributed by atoms with Gasteiger partial charge in [-0.25, -0.2) is 0 Å². The van der Waals surface area contributed by atoms with Gasteiger partial charge in [-0.3, -0.25) is 4.79 Å². The highest BCUT2D eigenvalue weighted by molar-refractivity contribution is 5.95. The number of aliphatic hydroxyl groups excluding tert-OH is 1. The van der Waals surface area contributed by atoms with Crippen LogP contribution in [0.5, 0.6) is 11.8 Å². The summed E-state index contributed by atoms with van der Waals surface area (Å²) in [6, 6.07) is 11.9. The highest BCUT2D eigenvalue weighted by Gasteiger charge is 2.28. The number of carbonyl (C=O) groups excluding carboxylic acids is 1. The van der Waals surface area contributed by atoms with Gasteiger partial charge in [0.25, 0.3) is 0 Å². The summed E-state index contributed by atoms with van der Waals surface area (Å²) in [7, 11) is 3.97. The molecule has 3 aromatic rings. The van der Waals surface area contributed by atoms with Crippen molar-refractivity contribution in [2.75, 3.05) is 63.3 Å². The summed E-state index contributed by atoms with van der Waals surface area (Å²) in [6.07, 6.45) is 4.77. The van der Waals surface area contributed by atoms with E-state index in [4.69, 9.17) is 14.7 Å². The Labute approximate surface area is 242 Å². The topological polar surface area (TPSA) is 102 Å². The lowest BCUT2D eigenvalue weighted by atomic mass is 10.00. The third-order valence-corrected chi connectivity index (χ3v) is 7.31. The van der Waals surface area contributed by atoms with Gasteiger partial charge in [0.1, 0.15) is 18.2 Å². The van der Waals surface area contributed by atoms with Gasteiger partial charge >= 0.3 is 6.01 Å². The summed E-state index contributed by atoms with van der Waals surface area (Å²) in [5, 5.41) is 22.6. The number of carbonyl (C=O) groups is 1. The minimum absolute atomic E-state index is 0.0980. The number of aromatic hydroxyl groups is 1. The third kappa shape index (κ3) is 7.62. The number of ketones is 1. The second kappa shape index (κ2) is 14.1. The zero-order valence-corrected chi connectivity index (χ0v) is 24.1. The van der Waals surface area contributed by atoms with Gasteiger partial charge < -0.3 is 29.6 Å². The highest BCUT2D eigenvalue weighted by Crippen LogP contribution is 2.36. The quantitative estimate of drug-likeness (QED) is 0.212. The molecule has 9 heteroatoms. The van der Waals surface area contributed by atoms with Crippen LogP contribution in [0.2, 0.25) is 0 Å². The Kier molecular flexibility index (Phi) is 10.3. The van der Waals surface area contributed by atoms with Crippen LogP contribution in [0.3, 0.4) is 0 Å². The van der Waals surface area contributed by atoms with Gasteiger partial charge in [-0.15, -0.1) is 6.58 Å². The molecule has 1 aromatic heterocycles. The number of hydrogen-bond acceptors (Lipinski definition) is 9. The van der Waals surface area contributed by atoms with Crippen LogP contribution in [-0.2, 0) is 17.8 Å². The van der Waals surface area contributed by atoms with E-state index >= 15 is 0 Å². The van der Waals surface area contributed by atoms with Gasteiger partial charge in [-0.1, -0.05) is 36.9 Å². The molecule has 2 aromatic carbocycles. The molecule has 0 fully saturated rings. The minimum Gasteiger partial charge on any atom is -0.508 e. The molecule has 2 N–H and O–H groups in total. The molecular formula is C32H41N5O4. The van der Waals surface area contributed by atoms with Crippen molar-refractivity contribution in [3.05, 3.63) is 73.0 Å². The Morgan fingerprint density at radius 2 is 2.00 bits per heavy atom. The monoisotopic (exact) mass is 559 g/mol. The summed E-state index contributed by atoms with van der Waals surface area (Å²) in [5.41, 5.74) is 2.84. The minimum atomic E-state index is -0.271. The Bertz CT molecular complexity index is 1380. The summed E-state index contributed by atoms with van der Waals surface area (Å²) in [6.45, 7) is 10.8. The number of aromatic nitrogens is 2. The number of ether oxygens (including phenoxy) is 1. The molecule has 0 spiro atoms. The van der Waals surface area contributed by atoms with Crippen molar-refractivity contribution in [2.45, 2.75) is 25.8 Å². The van der Waals surface area contributed by atoms with Crippen LogP contribution in [-0.4, -0.2) is 84.4 Å². The lowest BCUT2D eigenvalue weighted by molar-refractivity contribution is -0.115. The van der Waals surface area contributed by atoms with E-state index in [1.165, 1.54) is 6.08 Å². The molecule has 0 amide bonds. The average Bonchev–Trinajstić information content (AvgIpc) is 2.97. The number of anilines is 2. The van der Waals surface area contributed by atoms with Crippen molar-refractivity contribution in [2.24, 2.45) is 5.92 Å². The fourth-order valence-electron chi connectivity index (χ4n) is 5.17. The molecule has 1 atom stereocenters. The van der Waals surface area contributed by atoms with Crippen molar-refractivity contribution >= 4 is 28.1 Å². The highest BCUT2D eigenvalue weighted by atomic mass is 16.5. The number of rotatable bonds is 15. The maximum absolute atomic E-state index is 12.1. The summed E-state index contributed by atoms with van der Waals surface area (Å²) in [4.78, 5) is 28.2. The number of phenolic OH excluding ortho intramolecular Hbond substituents is 1. The fraction of sp³-hybridized carbons (Fsp3) is 0.406. The van der Waals surface area contributed by atoms with Crippen LogP contribution in [0.1, 0.15) is 24.1 Å². The van der Waals surface area contributed by atoms with Gasteiger partial charge in [-0.2, -0.15) is 9.97 Å². The molecule has 9 nitrogen and oxygen atoms in total. The first-order chi connectivity index (χ1) is 19.8. The number of allylic oxidation sites excluding steroid dienone is 1. The van der Waals surface area contributed by atoms with Crippen LogP contribution in [0.25, 0.3) is 10.8 Å². The molecule has 0 saturated carbocycles. The van der Waals surface area contributed by atoms with Crippen LogP contribution >= 0.6 is 0 Å². The van der Waals surface area contributed by atoms with E-state index in [1.54, 1.807) is 6.07 Å². The predicted octanol–water partition coefficient (Wildman–Crippen LogP) is 3.97. The van der Waals surface area contributed by atoms with Gasteiger partial charge in [-0.05, 0) is 44.5 Å². The van der Waals surface area contributed by atoms with Crippen molar-refractivity contribution < 1.29 is 19.7 Å². The zero-order valence-electron chi connectivity index (χ0n) is 24.1. The van der Waals surface area contributed by atoms with Crippen LogP contribution in [0, 0.1) is 5.92 Å². The predicted molar refractivity (Wildman–Crippen MR) is 164 cm³/mol. The van der Waals surface area contributed by atoms with Crippen LogP contribution in [0.15, 0.2) is 61.7 Å². The molecule has 1 aliphatic heterocycles. The summed E-state index contributed by atoms with van der Waals surface area (Å²) < 4.78 is 6.04. The fourth-order valence-corrected chi connectivity index (χ4v) is 5.17. The summed E-state index contributed by atoms with van der Waals surface area (Å²) in [5.74, 6) is 0.619. The molecular weight excluding hydrogens is 518 g/mol. The van der Waals surface area contributed by atoms with Crippen molar-refractivity contribution in [3.63, 3.8) is 0 Å². The number of nitrogens with zero attached hydrogens (tertiary/aromatic N) is 5. The largest absolute Gasteiger partial charge is 0.508 e. The second-order valence-corrected chi connectivity index (χ2v) is 10.7. The molecule has 0 radical (unpaired) electrons. The smallest absolute Gasteiger partial charge is 0.318 e. The molecule has 0 aliphatic carbocycles. The molecule has 1 aliphatic rings. The first-order valence-corrected chi connectivity index (χ1v) is 14.1. The molecule has 1 unspecified atom stereocenters. The standard InChI is InChI=1S/C32H41N5O4/c1-5-7-13-37(20-23(22-38)17-25(39)6-2)31-28-12-14-36(21-29(28)33-32(34-31)41-16-15-35(3)4)30-19-26(40)18-24-10-8-9-11-27(24)30/h5-6,8-11,18-19,23,38,40H,1-2,7,12-17,20-22H2,3-4H3. The van der Waals surface area contributed by atoms with E-state index in [1.807, 2.05) is 49.3 Å². The van der Waals surface area contributed by atoms with E-state index in [0.717, 1.165) is 33.5 Å². The second-order valence-electron chi connectivity index (χ2n) is 10.7. The van der Waals surface area contributed by atoms with E-state index in [-0.39, 0.29) is 30.5 Å². The van der Waals surface area contributed by atoms with Crippen molar-refractivity contribution in [1.29, 1.82) is 0 Å². The average molecular weight is 560 g/mol. The molecule has 0 saturated heterocycles. The van der Waals surface area contributed by atoms with Gasteiger partial charge in [0, 0.05) is 67.8 Å². The maximum Gasteiger partial charge on any atom is 0.318 e. The van der Waals surface area contributed by atoms with Gasteiger partial charge in [0.2, 0.25) is 0 Å². The number of aliphatic hydroxyl groups is 1. The van der Waals surface area contributed by atoms with E-state index in [9.17, 15) is 15.0 Å². The number of hydrogen-bond donors (Lipinski definition) is 2. The zero-order chi connectivity index (χ0) is 29.4. The molecule has 0 bridgehead atoms. The number of fused-ring (bicyclic) bond motifs is 2. The van der Waals surface area contributed by atoms with Gasteiger partial charge in [0.05, 0.1) is 12.2 Å². The summed E-state index contributed by atoms with van der Waals surface area (Å²) >= 11 is 0. The number of benzene rings is 2. The van der Waals surface area contributed by atoms with E-state index in [2.05, 4.69) is 29.0 Å². The van der Waals surface area contributed by atoms with E-state index < -0.39 is 0 Å². The first kappa shape index (κ1) is 30.0. The Hall–Kier alpha value is -3.95. The molecule has 41 heavy (non-hydrogen) atoms. The van der Waals surface area contributed by atoms with Crippen LogP contribution < -0.4 is 14.5 Å². The van der Waals surface area contributed by atoms with Crippen molar-refractivity contribution in [3.8, 4) is 11.8 Å². The molecule has 4 rings (SSSR count). The van der Waals surface area contributed by atoms with E-state index in [0.29, 0.717) is 58.2 Å². The number of phenols is 1. The maximum atomic E-state index is 12.1. The Morgan fingerprint density at radius 3 is 2.73 bits per heavy atom.